The van der Waals surface area contributed by atoms with Crippen molar-refractivity contribution >= 4 is 29.0 Å². The Morgan fingerprint density at radius 2 is 1.93 bits per heavy atom. The van der Waals surface area contributed by atoms with Crippen LogP contribution in [0.2, 0.25) is 5.02 Å². The summed E-state index contributed by atoms with van der Waals surface area (Å²) in [5.41, 5.74) is 1.94. The molecule has 0 bridgehead atoms. The van der Waals surface area contributed by atoms with Gasteiger partial charge in [-0.2, -0.15) is 0 Å². The third-order valence-electron chi connectivity index (χ3n) is 3.86. The number of amides is 1. The predicted octanol–water partition coefficient (Wildman–Crippen LogP) is 4.05. The normalized spacial score (nSPS) is 10.3. The van der Waals surface area contributed by atoms with Gasteiger partial charge < -0.3 is 15.4 Å². The largest absolute Gasteiger partial charge is 0.495 e. The molecule has 1 amide bonds. The number of rotatable bonds is 7. The van der Waals surface area contributed by atoms with Crippen LogP contribution in [0.4, 0.5) is 11.5 Å². The van der Waals surface area contributed by atoms with Crippen molar-refractivity contribution < 1.29 is 9.53 Å². The Morgan fingerprint density at radius 3 is 2.67 bits per heavy atom. The van der Waals surface area contributed by atoms with Gasteiger partial charge in [0.1, 0.15) is 11.6 Å². The molecule has 0 spiro atoms. The Bertz CT molecular complexity index is 916. The van der Waals surface area contributed by atoms with Gasteiger partial charge in [0.2, 0.25) is 0 Å². The molecule has 1 aromatic heterocycles. The summed E-state index contributed by atoms with van der Waals surface area (Å²) >= 11 is 5.98. The van der Waals surface area contributed by atoms with Crippen molar-refractivity contribution in [2.24, 2.45) is 0 Å². The monoisotopic (exact) mass is 382 g/mol. The quantitative estimate of drug-likeness (QED) is 0.644. The highest BCUT2D eigenvalue weighted by molar-refractivity contribution is 6.30. The van der Waals surface area contributed by atoms with Gasteiger partial charge in [-0.15, -0.1) is 10.2 Å². The SMILES string of the molecule is COc1ccccc1NC(=O)c1ccc(NCCc2cccc(Cl)c2)nn1. The molecule has 3 aromatic rings. The summed E-state index contributed by atoms with van der Waals surface area (Å²) in [5, 5.41) is 14.7. The minimum Gasteiger partial charge on any atom is -0.495 e. The molecule has 6 nitrogen and oxygen atoms in total. The smallest absolute Gasteiger partial charge is 0.276 e. The zero-order valence-corrected chi connectivity index (χ0v) is 15.5. The van der Waals surface area contributed by atoms with Crippen molar-refractivity contribution in [1.29, 1.82) is 0 Å². The van der Waals surface area contributed by atoms with Gasteiger partial charge in [0.25, 0.3) is 5.91 Å². The summed E-state index contributed by atoms with van der Waals surface area (Å²) in [6, 6.07) is 18.2. The average molecular weight is 383 g/mol. The van der Waals surface area contributed by atoms with E-state index in [0.29, 0.717) is 23.8 Å². The van der Waals surface area contributed by atoms with Crippen molar-refractivity contribution in [3.63, 3.8) is 0 Å². The fourth-order valence-electron chi connectivity index (χ4n) is 2.51. The van der Waals surface area contributed by atoms with Crippen LogP contribution in [0.5, 0.6) is 5.75 Å². The highest BCUT2D eigenvalue weighted by Gasteiger charge is 2.11. The fourth-order valence-corrected chi connectivity index (χ4v) is 2.72. The number of halogens is 1. The third kappa shape index (κ3) is 5.18. The molecule has 1 heterocycles. The minimum absolute atomic E-state index is 0.223. The molecule has 0 atom stereocenters. The molecular weight excluding hydrogens is 364 g/mol. The van der Waals surface area contributed by atoms with Crippen LogP contribution in [0.3, 0.4) is 0 Å². The molecule has 0 aliphatic carbocycles. The molecule has 2 N–H and O–H groups in total. The van der Waals surface area contributed by atoms with E-state index in [0.717, 1.165) is 17.0 Å². The molecule has 0 unspecified atom stereocenters. The van der Waals surface area contributed by atoms with Gasteiger partial charge in [0.05, 0.1) is 12.8 Å². The maximum atomic E-state index is 12.3. The minimum atomic E-state index is -0.350. The van der Waals surface area contributed by atoms with Crippen LogP contribution in [0, 0.1) is 0 Å². The molecule has 2 aromatic carbocycles. The molecule has 0 saturated heterocycles. The Morgan fingerprint density at radius 1 is 1.07 bits per heavy atom. The molecule has 7 heteroatoms. The lowest BCUT2D eigenvalue weighted by Crippen LogP contribution is -2.15. The first kappa shape index (κ1) is 18.7. The van der Waals surface area contributed by atoms with Crippen LogP contribution in [-0.4, -0.2) is 29.8 Å². The number of nitrogens with one attached hydrogen (secondary N) is 2. The van der Waals surface area contributed by atoms with Crippen molar-refractivity contribution in [3.8, 4) is 5.75 Å². The number of para-hydroxylation sites is 2. The first-order valence-corrected chi connectivity index (χ1v) is 8.80. The summed E-state index contributed by atoms with van der Waals surface area (Å²) in [6.07, 6.45) is 0.804. The van der Waals surface area contributed by atoms with Crippen LogP contribution in [-0.2, 0) is 6.42 Å². The predicted molar refractivity (Wildman–Crippen MR) is 107 cm³/mol. The van der Waals surface area contributed by atoms with Gasteiger partial charge in [-0.05, 0) is 48.4 Å². The number of benzene rings is 2. The van der Waals surface area contributed by atoms with E-state index in [1.165, 1.54) is 0 Å². The van der Waals surface area contributed by atoms with Crippen LogP contribution in [0.25, 0.3) is 0 Å². The molecule has 0 aliphatic rings. The molecule has 0 saturated carbocycles. The van der Waals surface area contributed by atoms with Crippen LogP contribution >= 0.6 is 11.6 Å². The summed E-state index contributed by atoms with van der Waals surface area (Å²) in [6.45, 7) is 0.682. The van der Waals surface area contributed by atoms with Crippen molar-refractivity contribution in [1.82, 2.24) is 10.2 Å². The van der Waals surface area contributed by atoms with Gasteiger partial charge in [-0.3, -0.25) is 4.79 Å². The summed E-state index contributed by atoms with van der Waals surface area (Å²) in [7, 11) is 1.55. The van der Waals surface area contributed by atoms with E-state index in [-0.39, 0.29) is 11.6 Å². The average Bonchev–Trinajstić information content (AvgIpc) is 2.69. The second-order valence-electron chi connectivity index (χ2n) is 5.76. The summed E-state index contributed by atoms with van der Waals surface area (Å²) in [4.78, 5) is 12.3. The number of nitrogens with zero attached hydrogens (tertiary/aromatic N) is 2. The number of aromatic nitrogens is 2. The maximum Gasteiger partial charge on any atom is 0.276 e. The summed E-state index contributed by atoms with van der Waals surface area (Å²) in [5.74, 6) is 0.835. The second-order valence-corrected chi connectivity index (χ2v) is 6.20. The lowest BCUT2D eigenvalue weighted by atomic mass is 10.1. The first-order chi connectivity index (χ1) is 13.2. The van der Waals surface area contributed by atoms with E-state index < -0.39 is 0 Å². The molecular formula is C20H19ClN4O2. The van der Waals surface area contributed by atoms with Gasteiger partial charge in [0.15, 0.2) is 5.69 Å². The van der Waals surface area contributed by atoms with E-state index in [2.05, 4.69) is 20.8 Å². The number of hydrogen-bond donors (Lipinski definition) is 2. The number of ether oxygens (including phenoxy) is 1. The van der Waals surface area contributed by atoms with E-state index >= 15 is 0 Å². The molecule has 138 valence electrons. The number of hydrogen-bond acceptors (Lipinski definition) is 5. The van der Waals surface area contributed by atoms with E-state index in [9.17, 15) is 4.79 Å². The number of anilines is 2. The van der Waals surface area contributed by atoms with Crippen molar-refractivity contribution in [2.45, 2.75) is 6.42 Å². The summed E-state index contributed by atoms with van der Waals surface area (Å²) < 4.78 is 5.22. The van der Waals surface area contributed by atoms with Crippen LogP contribution in [0.1, 0.15) is 16.1 Å². The lowest BCUT2D eigenvalue weighted by molar-refractivity contribution is 0.102. The van der Waals surface area contributed by atoms with E-state index in [4.69, 9.17) is 16.3 Å². The standard InChI is InChI=1S/C20H19ClN4O2/c1-27-18-8-3-2-7-16(18)23-20(26)17-9-10-19(25-24-17)22-12-11-14-5-4-6-15(21)13-14/h2-10,13H,11-12H2,1H3,(H,22,25)(H,23,26). The van der Waals surface area contributed by atoms with Gasteiger partial charge in [-0.25, -0.2) is 0 Å². The van der Waals surface area contributed by atoms with E-state index in [1.807, 2.05) is 36.4 Å². The lowest BCUT2D eigenvalue weighted by Gasteiger charge is -2.09. The highest BCUT2D eigenvalue weighted by atomic mass is 35.5. The van der Waals surface area contributed by atoms with E-state index in [1.54, 1.807) is 31.4 Å². The Hall–Kier alpha value is -3.12. The zero-order chi connectivity index (χ0) is 19.1. The Kier molecular flexibility index (Phi) is 6.22. The number of carbonyl (C=O) groups is 1. The fraction of sp³-hybridized carbons (Fsp3) is 0.150. The van der Waals surface area contributed by atoms with Gasteiger partial charge in [-0.1, -0.05) is 35.9 Å². The zero-order valence-electron chi connectivity index (χ0n) is 14.8. The highest BCUT2D eigenvalue weighted by Crippen LogP contribution is 2.23. The molecule has 0 radical (unpaired) electrons. The number of methoxy groups -OCH3 is 1. The first-order valence-electron chi connectivity index (χ1n) is 8.42. The van der Waals surface area contributed by atoms with Crippen LogP contribution < -0.4 is 15.4 Å². The Balaban J connectivity index is 1.55. The van der Waals surface area contributed by atoms with Gasteiger partial charge >= 0.3 is 0 Å². The molecule has 0 aliphatic heterocycles. The third-order valence-corrected chi connectivity index (χ3v) is 4.10. The topological polar surface area (TPSA) is 76.1 Å². The molecule has 0 fully saturated rings. The second kappa shape index (κ2) is 9.00. The van der Waals surface area contributed by atoms with Crippen LogP contribution in [0.15, 0.2) is 60.7 Å². The molecule has 3 rings (SSSR count). The van der Waals surface area contributed by atoms with Gasteiger partial charge in [0, 0.05) is 11.6 Å². The van der Waals surface area contributed by atoms with Crippen molar-refractivity contribution in [3.05, 3.63) is 76.9 Å². The maximum absolute atomic E-state index is 12.3. The van der Waals surface area contributed by atoms with Crippen molar-refractivity contribution in [2.75, 3.05) is 24.3 Å². The number of carbonyl (C=O) groups excluding carboxylic acids is 1. The molecule has 27 heavy (non-hydrogen) atoms. The Labute approximate surface area is 162 Å².